The van der Waals surface area contributed by atoms with Gasteiger partial charge < -0.3 is 9.42 Å². The zero-order valence-corrected chi connectivity index (χ0v) is 16.4. The smallest absolute Gasteiger partial charge is 0.280 e. The third-order valence-electron chi connectivity index (χ3n) is 5.25. The van der Waals surface area contributed by atoms with Crippen LogP contribution in [0.1, 0.15) is 53.6 Å². The second kappa shape index (κ2) is 8.43. The van der Waals surface area contributed by atoms with E-state index in [9.17, 15) is 9.59 Å². The summed E-state index contributed by atoms with van der Waals surface area (Å²) in [6, 6.07) is 9.70. The van der Waals surface area contributed by atoms with E-state index in [1.807, 2.05) is 11.0 Å². The quantitative estimate of drug-likeness (QED) is 0.696. The van der Waals surface area contributed by atoms with Gasteiger partial charge in [0.05, 0.1) is 23.6 Å². The molecular formula is C22H24N4O3. The molecule has 7 heteroatoms. The molecule has 3 aromatic rings. The number of carbonyl (C=O) groups is 1. The number of aryl methyl sites for hydroxylation is 2. The molecule has 0 aliphatic carbocycles. The monoisotopic (exact) mass is 392 g/mol. The minimum atomic E-state index is -0.285. The van der Waals surface area contributed by atoms with Gasteiger partial charge in [0, 0.05) is 38.1 Å². The Morgan fingerprint density at radius 3 is 3.00 bits per heavy atom. The summed E-state index contributed by atoms with van der Waals surface area (Å²) < 4.78 is 5.04. The van der Waals surface area contributed by atoms with E-state index in [4.69, 9.17) is 9.51 Å². The van der Waals surface area contributed by atoms with Crippen LogP contribution in [0.25, 0.3) is 0 Å². The van der Waals surface area contributed by atoms with Gasteiger partial charge in [-0.25, -0.2) is 0 Å². The number of likely N-dealkylation sites (tertiary alicyclic amines) is 1. The Labute approximate surface area is 168 Å². The molecule has 3 heterocycles. The predicted molar refractivity (Wildman–Crippen MR) is 107 cm³/mol. The van der Waals surface area contributed by atoms with E-state index in [1.54, 1.807) is 12.4 Å². The van der Waals surface area contributed by atoms with Crippen molar-refractivity contribution in [2.45, 2.75) is 45.1 Å². The lowest BCUT2D eigenvalue weighted by Gasteiger charge is -2.24. The van der Waals surface area contributed by atoms with Crippen LogP contribution in [-0.4, -0.2) is 32.5 Å². The number of hydrogen-bond acceptors (Lipinski definition) is 5. The van der Waals surface area contributed by atoms with Crippen molar-refractivity contribution in [3.63, 3.8) is 0 Å². The lowest BCUT2D eigenvalue weighted by atomic mass is 10.1. The third kappa shape index (κ3) is 4.62. The van der Waals surface area contributed by atoms with Gasteiger partial charge >= 0.3 is 0 Å². The Hall–Kier alpha value is -3.22. The Kier molecular flexibility index (Phi) is 5.55. The molecule has 1 unspecified atom stereocenters. The molecular weight excluding hydrogens is 368 g/mol. The lowest BCUT2D eigenvalue weighted by molar-refractivity contribution is -0.132. The molecule has 0 radical (unpaired) electrons. The van der Waals surface area contributed by atoms with Crippen LogP contribution >= 0.6 is 0 Å². The highest BCUT2D eigenvalue weighted by Crippen LogP contribution is 2.31. The fourth-order valence-corrected chi connectivity index (χ4v) is 3.89. The maximum Gasteiger partial charge on any atom is 0.280 e. The number of carbonyl (C=O) groups excluding carboxylic acids is 1. The van der Waals surface area contributed by atoms with Crippen LogP contribution in [0.4, 0.5) is 0 Å². The van der Waals surface area contributed by atoms with Gasteiger partial charge in [0.15, 0.2) is 0 Å². The topological polar surface area (TPSA) is 92.1 Å². The van der Waals surface area contributed by atoms with Crippen molar-refractivity contribution >= 4 is 5.91 Å². The Balaban J connectivity index is 1.45. The van der Waals surface area contributed by atoms with Crippen molar-refractivity contribution in [2.75, 3.05) is 6.54 Å². The van der Waals surface area contributed by atoms with E-state index in [0.29, 0.717) is 25.1 Å². The molecule has 1 amide bonds. The number of rotatable bonds is 6. The Morgan fingerprint density at radius 2 is 2.21 bits per heavy atom. The highest BCUT2D eigenvalue weighted by molar-refractivity contribution is 5.77. The standard InChI is InChI=1S/C22H24N4O3/c1-15-4-2-5-16(10-15)11-17-13-23-14-19(24-17)20-6-3-9-26(20)22(28)8-7-18-12-21(27)25-29-18/h2,4-5,10,12-14,20H,3,6-9,11H2,1H3,(H,25,27). The maximum absolute atomic E-state index is 12.8. The molecule has 150 valence electrons. The molecule has 0 spiro atoms. The van der Waals surface area contributed by atoms with Gasteiger partial charge in [-0.1, -0.05) is 29.8 Å². The third-order valence-corrected chi connectivity index (χ3v) is 5.25. The molecule has 1 fully saturated rings. The molecule has 7 nitrogen and oxygen atoms in total. The summed E-state index contributed by atoms with van der Waals surface area (Å²) in [5, 5.41) is 2.25. The van der Waals surface area contributed by atoms with Gasteiger partial charge in [0.1, 0.15) is 5.76 Å². The van der Waals surface area contributed by atoms with Crippen molar-refractivity contribution in [3.05, 3.63) is 81.4 Å². The maximum atomic E-state index is 12.8. The molecule has 1 N–H and O–H groups in total. The zero-order valence-electron chi connectivity index (χ0n) is 16.4. The fourth-order valence-electron chi connectivity index (χ4n) is 3.89. The molecule has 2 aromatic heterocycles. The van der Waals surface area contributed by atoms with Crippen molar-refractivity contribution in [1.29, 1.82) is 0 Å². The minimum absolute atomic E-state index is 0.0437. The second-order valence-electron chi connectivity index (χ2n) is 7.53. The van der Waals surface area contributed by atoms with E-state index in [-0.39, 0.29) is 17.5 Å². The Morgan fingerprint density at radius 1 is 1.31 bits per heavy atom. The zero-order chi connectivity index (χ0) is 20.2. The van der Waals surface area contributed by atoms with Gasteiger partial charge in [-0.2, -0.15) is 5.16 Å². The van der Waals surface area contributed by atoms with Gasteiger partial charge in [0.2, 0.25) is 5.91 Å². The summed E-state index contributed by atoms with van der Waals surface area (Å²) in [4.78, 5) is 35.0. The van der Waals surface area contributed by atoms with Gasteiger partial charge in [-0.3, -0.25) is 19.6 Å². The molecule has 4 rings (SSSR count). The molecule has 1 aliphatic heterocycles. The number of benzene rings is 1. The average molecular weight is 392 g/mol. The van der Waals surface area contributed by atoms with Crippen molar-refractivity contribution in [1.82, 2.24) is 20.0 Å². The molecule has 1 aliphatic rings. The van der Waals surface area contributed by atoms with E-state index in [2.05, 4.69) is 35.3 Å². The van der Waals surface area contributed by atoms with Crippen LogP contribution in [0, 0.1) is 6.92 Å². The highest BCUT2D eigenvalue weighted by atomic mass is 16.5. The first-order valence-electron chi connectivity index (χ1n) is 9.92. The minimum Gasteiger partial charge on any atom is -0.384 e. The van der Waals surface area contributed by atoms with Crippen molar-refractivity contribution in [2.24, 2.45) is 0 Å². The molecule has 29 heavy (non-hydrogen) atoms. The lowest BCUT2D eigenvalue weighted by Crippen LogP contribution is -2.31. The molecule has 1 saturated heterocycles. The van der Waals surface area contributed by atoms with Gasteiger partial charge in [-0.15, -0.1) is 0 Å². The number of H-pyrrole nitrogens is 1. The van der Waals surface area contributed by atoms with Crippen LogP contribution in [0.5, 0.6) is 0 Å². The number of amides is 1. The van der Waals surface area contributed by atoms with E-state index >= 15 is 0 Å². The van der Waals surface area contributed by atoms with Crippen LogP contribution in [0.2, 0.25) is 0 Å². The molecule has 0 saturated carbocycles. The predicted octanol–water partition coefficient (Wildman–Crippen LogP) is 2.95. The first-order chi connectivity index (χ1) is 14.1. The normalized spacial score (nSPS) is 16.3. The van der Waals surface area contributed by atoms with Crippen LogP contribution in [-0.2, 0) is 17.6 Å². The van der Waals surface area contributed by atoms with Crippen LogP contribution in [0.3, 0.4) is 0 Å². The van der Waals surface area contributed by atoms with E-state index < -0.39 is 0 Å². The van der Waals surface area contributed by atoms with Gasteiger partial charge in [-0.05, 0) is 25.3 Å². The van der Waals surface area contributed by atoms with Crippen LogP contribution < -0.4 is 5.56 Å². The van der Waals surface area contributed by atoms with Crippen molar-refractivity contribution in [3.8, 4) is 0 Å². The first kappa shape index (κ1) is 19.1. The molecule has 1 aromatic carbocycles. The average Bonchev–Trinajstić information content (AvgIpc) is 3.35. The van der Waals surface area contributed by atoms with E-state index in [0.717, 1.165) is 30.7 Å². The summed E-state index contributed by atoms with van der Waals surface area (Å²) in [7, 11) is 0. The number of aromatic amines is 1. The number of hydrogen-bond donors (Lipinski definition) is 1. The Bertz CT molecular complexity index is 1060. The van der Waals surface area contributed by atoms with E-state index in [1.165, 1.54) is 17.2 Å². The fraction of sp³-hybridized carbons (Fsp3) is 0.364. The summed E-state index contributed by atoms with van der Waals surface area (Å²) in [6.07, 6.45) is 6.80. The number of nitrogens with one attached hydrogen (secondary N) is 1. The largest absolute Gasteiger partial charge is 0.384 e. The molecule has 1 atom stereocenters. The number of nitrogens with zero attached hydrogens (tertiary/aromatic N) is 3. The van der Waals surface area contributed by atoms with Crippen molar-refractivity contribution < 1.29 is 9.32 Å². The SMILES string of the molecule is Cc1cccc(Cc2cncc(C3CCCN3C(=O)CCc3cc(=O)[nH]o3)n2)c1. The first-order valence-corrected chi connectivity index (χ1v) is 9.92. The summed E-state index contributed by atoms with van der Waals surface area (Å²) in [5.41, 5.74) is 3.88. The number of aromatic nitrogens is 3. The summed E-state index contributed by atoms with van der Waals surface area (Å²) in [5.74, 6) is 0.543. The molecule has 0 bridgehead atoms. The summed E-state index contributed by atoms with van der Waals surface area (Å²) >= 11 is 0. The second-order valence-corrected chi connectivity index (χ2v) is 7.53. The summed E-state index contributed by atoms with van der Waals surface area (Å²) in [6.45, 7) is 2.79. The van der Waals surface area contributed by atoms with Gasteiger partial charge in [0.25, 0.3) is 5.56 Å². The van der Waals surface area contributed by atoms with Crippen LogP contribution in [0.15, 0.2) is 52.0 Å². The highest BCUT2D eigenvalue weighted by Gasteiger charge is 2.31.